The summed E-state index contributed by atoms with van der Waals surface area (Å²) in [7, 11) is 0. The molecule has 0 aliphatic rings. The minimum Gasteiger partial charge on any atom is -0.319 e. The molecule has 4 rings (SSSR count). The van der Waals surface area contributed by atoms with Crippen LogP contribution in [0.2, 0.25) is 0 Å². The molecule has 5 heteroatoms. The van der Waals surface area contributed by atoms with E-state index in [1.54, 1.807) is 28.9 Å². The number of carbonyl (C=O) groups excluding carboxylic acids is 2. The lowest BCUT2D eigenvalue weighted by Gasteiger charge is -2.07. The minimum atomic E-state index is -0.681. The average Bonchev–Trinajstić information content (AvgIpc) is 3.09. The number of aromatic nitrogens is 2. The van der Waals surface area contributed by atoms with Gasteiger partial charge in [0.2, 0.25) is 0 Å². The number of fused-ring (bicyclic) bond motifs is 1. The van der Waals surface area contributed by atoms with E-state index in [0.717, 1.165) is 11.1 Å². The number of amides is 1. The number of Topliss-reactive ketones (excluding diaryl/α,β-unsaturated/α-hetero) is 1. The Morgan fingerprint density at radius 3 is 2.48 bits per heavy atom. The molecule has 0 aliphatic carbocycles. The summed E-state index contributed by atoms with van der Waals surface area (Å²) in [6.07, 6.45) is 3.44. The molecule has 4 aromatic rings. The third-order valence-electron chi connectivity index (χ3n) is 4.35. The number of benzene rings is 1. The van der Waals surface area contributed by atoms with Gasteiger partial charge in [-0.05, 0) is 49.4 Å². The van der Waals surface area contributed by atoms with Crippen molar-refractivity contribution in [3.63, 3.8) is 0 Å². The van der Waals surface area contributed by atoms with Gasteiger partial charge in [0.05, 0.1) is 5.69 Å². The summed E-state index contributed by atoms with van der Waals surface area (Å²) in [5.41, 5.74) is 4.06. The normalized spacial score (nSPS) is 10.7. The van der Waals surface area contributed by atoms with Crippen molar-refractivity contribution in [3.05, 3.63) is 90.4 Å². The topological polar surface area (TPSA) is 63.5 Å². The van der Waals surface area contributed by atoms with Crippen LogP contribution in [0.5, 0.6) is 0 Å². The fraction of sp³-hybridized carbons (Fsp3) is 0.0455. The zero-order valence-corrected chi connectivity index (χ0v) is 14.7. The first-order valence-corrected chi connectivity index (χ1v) is 8.57. The van der Waals surface area contributed by atoms with E-state index < -0.39 is 11.7 Å². The molecule has 0 bridgehead atoms. The fourth-order valence-electron chi connectivity index (χ4n) is 3.00. The van der Waals surface area contributed by atoms with Crippen molar-refractivity contribution in [2.45, 2.75) is 6.92 Å². The highest BCUT2D eigenvalue weighted by molar-refractivity contribution is 6.47. The first-order chi connectivity index (χ1) is 13.1. The molecule has 5 nitrogen and oxygen atoms in total. The Kier molecular flexibility index (Phi) is 4.26. The van der Waals surface area contributed by atoms with E-state index in [9.17, 15) is 9.59 Å². The van der Waals surface area contributed by atoms with Gasteiger partial charge in [0.25, 0.3) is 11.7 Å². The van der Waals surface area contributed by atoms with Gasteiger partial charge in [-0.3, -0.25) is 14.6 Å². The quantitative estimate of drug-likeness (QED) is 0.442. The minimum absolute atomic E-state index is 0.300. The number of hydrogen-bond donors (Lipinski definition) is 1. The van der Waals surface area contributed by atoms with Crippen LogP contribution in [0, 0.1) is 6.92 Å². The number of carbonyl (C=O) groups is 2. The van der Waals surface area contributed by atoms with Crippen LogP contribution in [0.25, 0.3) is 16.8 Å². The monoisotopic (exact) mass is 355 g/mol. The van der Waals surface area contributed by atoms with Crippen molar-refractivity contribution in [2.24, 2.45) is 0 Å². The van der Waals surface area contributed by atoms with Crippen molar-refractivity contribution < 1.29 is 9.59 Å². The SMILES string of the molecule is Cc1ccc(NC(=O)C(=O)c2c(-c3ccccn3)cc3ccccn23)cc1. The van der Waals surface area contributed by atoms with Crippen molar-refractivity contribution in [1.29, 1.82) is 0 Å². The van der Waals surface area contributed by atoms with Gasteiger partial charge in [-0.2, -0.15) is 0 Å². The highest BCUT2D eigenvalue weighted by atomic mass is 16.2. The lowest BCUT2D eigenvalue weighted by molar-refractivity contribution is -0.112. The van der Waals surface area contributed by atoms with Gasteiger partial charge in [-0.25, -0.2) is 0 Å². The molecule has 1 amide bonds. The van der Waals surface area contributed by atoms with Crippen LogP contribution in [-0.4, -0.2) is 21.1 Å². The van der Waals surface area contributed by atoms with Gasteiger partial charge in [0.15, 0.2) is 0 Å². The Balaban J connectivity index is 1.76. The predicted octanol–water partition coefficient (Wildman–Crippen LogP) is 4.13. The lowest BCUT2D eigenvalue weighted by Crippen LogP contribution is -2.24. The molecule has 1 aromatic carbocycles. The van der Waals surface area contributed by atoms with E-state index in [-0.39, 0.29) is 0 Å². The highest BCUT2D eigenvalue weighted by Gasteiger charge is 2.25. The molecular weight excluding hydrogens is 338 g/mol. The lowest BCUT2D eigenvalue weighted by atomic mass is 10.1. The predicted molar refractivity (Wildman–Crippen MR) is 105 cm³/mol. The van der Waals surface area contributed by atoms with E-state index >= 15 is 0 Å². The molecular formula is C22H17N3O2. The van der Waals surface area contributed by atoms with Gasteiger partial charge in [-0.1, -0.05) is 29.8 Å². The zero-order valence-electron chi connectivity index (χ0n) is 14.7. The number of aryl methyl sites for hydroxylation is 1. The Morgan fingerprint density at radius 1 is 0.963 bits per heavy atom. The van der Waals surface area contributed by atoms with Crippen LogP contribution < -0.4 is 5.32 Å². The highest BCUT2D eigenvalue weighted by Crippen LogP contribution is 2.27. The number of anilines is 1. The summed E-state index contributed by atoms with van der Waals surface area (Å²) in [6, 6.07) is 20.3. The molecule has 0 fully saturated rings. The molecule has 0 saturated carbocycles. The summed E-state index contributed by atoms with van der Waals surface area (Å²) in [5, 5.41) is 2.68. The van der Waals surface area contributed by atoms with E-state index in [0.29, 0.717) is 22.6 Å². The van der Waals surface area contributed by atoms with Crippen molar-refractivity contribution in [1.82, 2.24) is 9.38 Å². The fourth-order valence-corrected chi connectivity index (χ4v) is 3.00. The van der Waals surface area contributed by atoms with Crippen LogP contribution in [0.4, 0.5) is 5.69 Å². The van der Waals surface area contributed by atoms with Crippen molar-refractivity contribution in [2.75, 3.05) is 5.32 Å². The summed E-state index contributed by atoms with van der Waals surface area (Å²) < 4.78 is 1.72. The smallest absolute Gasteiger partial charge is 0.298 e. The Hall–Kier alpha value is -3.73. The van der Waals surface area contributed by atoms with E-state index in [1.807, 2.05) is 61.5 Å². The maximum Gasteiger partial charge on any atom is 0.298 e. The van der Waals surface area contributed by atoms with Crippen LogP contribution in [0.1, 0.15) is 16.1 Å². The molecule has 132 valence electrons. The van der Waals surface area contributed by atoms with Crippen LogP contribution in [0.3, 0.4) is 0 Å². The molecule has 3 aromatic heterocycles. The van der Waals surface area contributed by atoms with Crippen molar-refractivity contribution in [3.8, 4) is 11.3 Å². The second kappa shape index (κ2) is 6.88. The third kappa shape index (κ3) is 3.22. The number of pyridine rings is 2. The third-order valence-corrected chi connectivity index (χ3v) is 4.35. The maximum atomic E-state index is 13.0. The standard InChI is InChI=1S/C22H17N3O2/c1-15-8-10-16(11-9-15)24-22(27)21(26)20-18(19-7-2-4-12-23-19)14-17-6-3-5-13-25(17)20/h2-14H,1H3,(H,24,27). The average molecular weight is 355 g/mol. The molecule has 27 heavy (non-hydrogen) atoms. The Labute approximate surface area is 156 Å². The van der Waals surface area contributed by atoms with Crippen molar-refractivity contribution >= 4 is 22.9 Å². The summed E-state index contributed by atoms with van der Waals surface area (Å²) in [6.45, 7) is 1.96. The number of nitrogens with zero attached hydrogens (tertiary/aromatic N) is 2. The Bertz CT molecular complexity index is 1130. The van der Waals surface area contributed by atoms with Gasteiger partial charge in [-0.15, -0.1) is 0 Å². The zero-order chi connectivity index (χ0) is 18.8. The summed E-state index contributed by atoms with van der Waals surface area (Å²) >= 11 is 0. The molecule has 3 heterocycles. The molecule has 0 atom stereocenters. The molecule has 0 spiro atoms. The molecule has 0 saturated heterocycles. The van der Waals surface area contributed by atoms with Crippen LogP contribution in [-0.2, 0) is 4.79 Å². The summed E-state index contributed by atoms with van der Waals surface area (Å²) in [5.74, 6) is -1.29. The van der Waals surface area contributed by atoms with Crippen LogP contribution in [0.15, 0.2) is 79.1 Å². The largest absolute Gasteiger partial charge is 0.319 e. The Morgan fingerprint density at radius 2 is 1.74 bits per heavy atom. The number of rotatable bonds is 4. The molecule has 0 radical (unpaired) electrons. The van der Waals surface area contributed by atoms with Gasteiger partial charge < -0.3 is 9.72 Å². The van der Waals surface area contributed by atoms with E-state index in [4.69, 9.17) is 0 Å². The first-order valence-electron chi connectivity index (χ1n) is 8.57. The maximum absolute atomic E-state index is 13.0. The molecule has 0 unspecified atom stereocenters. The second-order valence-electron chi connectivity index (χ2n) is 6.27. The number of nitrogens with one attached hydrogen (secondary N) is 1. The van der Waals surface area contributed by atoms with Gasteiger partial charge in [0, 0.05) is 29.2 Å². The number of hydrogen-bond acceptors (Lipinski definition) is 3. The van der Waals surface area contributed by atoms with Crippen LogP contribution >= 0.6 is 0 Å². The van der Waals surface area contributed by atoms with E-state index in [1.165, 1.54) is 0 Å². The second-order valence-corrected chi connectivity index (χ2v) is 6.27. The summed E-state index contributed by atoms with van der Waals surface area (Å²) in [4.78, 5) is 30.0. The molecule has 0 aliphatic heterocycles. The first kappa shape index (κ1) is 16.7. The van der Waals surface area contributed by atoms with Gasteiger partial charge >= 0.3 is 0 Å². The number of ketones is 1. The van der Waals surface area contributed by atoms with E-state index in [2.05, 4.69) is 10.3 Å². The molecule has 1 N–H and O–H groups in total. The van der Waals surface area contributed by atoms with Gasteiger partial charge in [0.1, 0.15) is 5.69 Å².